The Kier molecular flexibility index (Phi) is 4.64. The van der Waals surface area contributed by atoms with E-state index in [1.165, 1.54) is 0 Å². The molecule has 0 unspecified atom stereocenters. The summed E-state index contributed by atoms with van der Waals surface area (Å²) in [5, 5.41) is 6.63. The monoisotopic (exact) mass is 327 g/mol. The van der Waals surface area contributed by atoms with Gasteiger partial charge in [0.2, 0.25) is 0 Å². The molecule has 2 amide bonds. The van der Waals surface area contributed by atoms with Crippen molar-refractivity contribution in [1.29, 1.82) is 0 Å². The topological polar surface area (TPSA) is 75.4 Å². The maximum atomic E-state index is 12.8. The molecule has 1 aliphatic rings. The van der Waals surface area contributed by atoms with Gasteiger partial charge < -0.3 is 14.7 Å². The summed E-state index contributed by atoms with van der Waals surface area (Å²) in [6.45, 7) is 4.95. The molecule has 0 aliphatic carbocycles. The molecule has 2 heterocycles. The second kappa shape index (κ2) is 6.86. The van der Waals surface area contributed by atoms with Gasteiger partial charge in [0.1, 0.15) is 11.3 Å². The zero-order valence-electron chi connectivity index (χ0n) is 14.0. The molecule has 1 N–H and O–H groups in total. The molecule has 0 atom stereocenters. The van der Waals surface area contributed by atoms with Gasteiger partial charge in [-0.3, -0.25) is 9.59 Å². The highest BCUT2D eigenvalue weighted by Crippen LogP contribution is 2.22. The van der Waals surface area contributed by atoms with Crippen LogP contribution in [-0.4, -0.2) is 35.0 Å². The van der Waals surface area contributed by atoms with E-state index in [4.69, 9.17) is 4.52 Å². The SMILES string of the molecule is Cc1noc(C)c1C(=O)Nc1ccccc1C(=O)N1CCCCC1. The van der Waals surface area contributed by atoms with E-state index >= 15 is 0 Å². The summed E-state index contributed by atoms with van der Waals surface area (Å²) in [5.74, 6) is 0.111. The third kappa shape index (κ3) is 3.18. The number of nitrogens with one attached hydrogen (secondary N) is 1. The molecule has 0 bridgehead atoms. The molecule has 6 nitrogen and oxygen atoms in total. The van der Waals surface area contributed by atoms with Crippen LogP contribution in [0.15, 0.2) is 28.8 Å². The molecule has 1 saturated heterocycles. The molecule has 24 heavy (non-hydrogen) atoms. The number of rotatable bonds is 3. The highest BCUT2D eigenvalue weighted by molar-refractivity contribution is 6.09. The van der Waals surface area contributed by atoms with Gasteiger partial charge >= 0.3 is 0 Å². The zero-order valence-corrected chi connectivity index (χ0v) is 14.0. The first kappa shape index (κ1) is 16.2. The Bertz CT molecular complexity index is 741. The summed E-state index contributed by atoms with van der Waals surface area (Å²) < 4.78 is 5.04. The van der Waals surface area contributed by atoms with Crippen molar-refractivity contribution in [3.8, 4) is 0 Å². The van der Waals surface area contributed by atoms with Crippen molar-refractivity contribution in [2.75, 3.05) is 18.4 Å². The van der Waals surface area contributed by atoms with E-state index in [9.17, 15) is 9.59 Å². The quantitative estimate of drug-likeness (QED) is 0.939. The number of hydrogen-bond acceptors (Lipinski definition) is 4. The fourth-order valence-electron chi connectivity index (χ4n) is 3.04. The van der Waals surface area contributed by atoms with Crippen molar-refractivity contribution in [1.82, 2.24) is 10.1 Å². The molecule has 1 fully saturated rings. The van der Waals surface area contributed by atoms with Crippen molar-refractivity contribution >= 4 is 17.5 Å². The third-order valence-corrected chi connectivity index (χ3v) is 4.31. The number of carbonyl (C=O) groups is 2. The lowest BCUT2D eigenvalue weighted by molar-refractivity contribution is 0.0725. The van der Waals surface area contributed by atoms with Crippen molar-refractivity contribution in [3.05, 3.63) is 46.8 Å². The van der Waals surface area contributed by atoms with Crippen LogP contribution in [0.4, 0.5) is 5.69 Å². The van der Waals surface area contributed by atoms with E-state index in [0.717, 1.165) is 32.4 Å². The molecule has 1 aromatic heterocycles. The number of aryl methyl sites for hydroxylation is 2. The van der Waals surface area contributed by atoms with Gasteiger partial charge in [0, 0.05) is 13.1 Å². The average molecular weight is 327 g/mol. The van der Waals surface area contributed by atoms with Crippen LogP contribution in [0.3, 0.4) is 0 Å². The molecule has 1 aromatic carbocycles. The molecule has 2 aromatic rings. The third-order valence-electron chi connectivity index (χ3n) is 4.31. The Morgan fingerprint density at radius 1 is 1.12 bits per heavy atom. The summed E-state index contributed by atoms with van der Waals surface area (Å²) in [7, 11) is 0. The predicted octanol–water partition coefficient (Wildman–Crippen LogP) is 3.17. The molecule has 0 radical (unpaired) electrons. The number of carbonyl (C=O) groups excluding carboxylic acids is 2. The Labute approximate surface area is 140 Å². The number of amides is 2. The standard InChI is InChI=1S/C18H21N3O3/c1-12-16(13(2)24-20-12)17(22)19-15-9-5-4-8-14(15)18(23)21-10-6-3-7-11-21/h4-5,8-9H,3,6-7,10-11H2,1-2H3,(H,19,22). The van der Waals surface area contributed by atoms with Crippen LogP contribution >= 0.6 is 0 Å². The van der Waals surface area contributed by atoms with Crippen molar-refractivity contribution in [2.45, 2.75) is 33.1 Å². The van der Waals surface area contributed by atoms with Crippen molar-refractivity contribution in [2.24, 2.45) is 0 Å². The highest BCUT2D eigenvalue weighted by Gasteiger charge is 2.23. The Morgan fingerprint density at radius 3 is 2.50 bits per heavy atom. The summed E-state index contributed by atoms with van der Waals surface area (Å²) in [6.07, 6.45) is 3.22. The van der Waals surface area contributed by atoms with Gasteiger partial charge in [-0.25, -0.2) is 0 Å². The summed E-state index contributed by atoms with van der Waals surface area (Å²) in [4.78, 5) is 27.1. The largest absolute Gasteiger partial charge is 0.361 e. The maximum Gasteiger partial charge on any atom is 0.261 e. The van der Waals surface area contributed by atoms with E-state index < -0.39 is 0 Å². The van der Waals surface area contributed by atoms with Crippen LogP contribution in [0.25, 0.3) is 0 Å². The van der Waals surface area contributed by atoms with Crippen LogP contribution in [0.1, 0.15) is 51.4 Å². The molecule has 6 heteroatoms. The number of aromatic nitrogens is 1. The number of nitrogens with zero attached hydrogens (tertiary/aromatic N) is 2. The second-order valence-electron chi connectivity index (χ2n) is 6.05. The van der Waals surface area contributed by atoms with Crippen molar-refractivity contribution in [3.63, 3.8) is 0 Å². The molecule has 1 aliphatic heterocycles. The van der Waals surface area contributed by atoms with Gasteiger partial charge in [0.15, 0.2) is 0 Å². The summed E-state index contributed by atoms with van der Waals surface area (Å²) >= 11 is 0. The molecule has 126 valence electrons. The van der Waals surface area contributed by atoms with Gasteiger partial charge in [-0.15, -0.1) is 0 Å². The average Bonchev–Trinajstić information content (AvgIpc) is 2.94. The molecule has 0 spiro atoms. The first-order valence-electron chi connectivity index (χ1n) is 8.20. The Balaban J connectivity index is 1.84. The first-order chi connectivity index (χ1) is 11.6. The molecule has 0 saturated carbocycles. The number of para-hydroxylation sites is 1. The number of anilines is 1. The number of likely N-dealkylation sites (tertiary alicyclic amines) is 1. The van der Waals surface area contributed by atoms with E-state index in [0.29, 0.717) is 28.3 Å². The van der Waals surface area contributed by atoms with E-state index in [2.05, 4.69) is 10.5 Å². The van der Waals surface area contributed by atoms with Gasteiger partial charge in [-0.2, -0.15) is 0 Å². The fraction of sp³-hybridized carbons (Fsp3) is 0.389. The number of hydrogen-bond donors (Lipinski definition) is 1. The number of benzene rings is 1. The van der Waals surface area contributed by atoms with Gasteiger partial charge in [-0.05, 0) is 45.2 Å². The lowest BCUT2D eigenvalue weighted by Gasteiger charge is -2.27. The number of piperidine rings is 1. The Morgan fingerprint density at radius 2 is 1.83 bits per heavy atom. The fourth-order valence-corrected chi connectivity index (χ4v) is 3.04. The smallest absolute Gasteiger partial charge is 0.261 e. The normalized spacial score (nSPS) is 14.5. The lowest BCUT2D eigenvalue weighted by Crippen LogP contribution is -2.36. The molecular weight excluding hydrogens is 306 g/mol. The van der Waals surface area contributed by atoms with E-state index in [1.54, 1.807) is 32.0 Å². The first-order valence-corrected chi connectivity index (χ1v) is 8.20. The van der Waals surface area contributed by atoms with Crippen LogP contribution in [-0.2, 0) is 0 Å². The van der Waals surface area contributed by atoms with Gasteiger partial charge in [0.25, 0.3) is 11.8 Å². The Hall–Kier alpha value is -2.63. The molecule has 3 rings (SSSR count). The highest BCUT2D eigenvalue weighted by atomic mass is 16.5. The molecular formula is C18H21N3O3. The maximum absolute atomic E-state index is 12.8. The summed E-state index contributed by atoms with van der Waals surface area (Å²) in [6, 6.07) is 7.10. The minimum Gasteiger partial charge on any atom is -0.361 e. The van der Waals surface area contributed by atoms with Crippen molar-refractivity contribution < 1.29 is 14.1 Å². The van der Waals surface area contributed by atoms with E-state index in [1.807, 2.05) is 11.0 Å². The van der Waals surface area contributed by atoms with Gasteiger partial charge in [-0.1, -0.05) is 17.3 Å². The zero-order chi connectivity index (χ0) is 17.1. The van der Waals surface area contributed by atoms with Crippen LogP contribution in [0.2, 0.25) is 0 Å². The van der Waals surface area contributed by atoms with Crippen LogP contribution in [0.5, 0.6) is 0 Å². The predicted molar refractivity (Wildman–Crippen MR) is 90.1 cm³/mol. The van der Waals surface area contributed by atoms with E-state index in [-0.39, 0.29) is 11.8 Å². The minimum absolute atomic E-state index is 0.0376. The van der Waals surface area contributed by atoms with Gasteiger partial charge in [0.05, 0.1) is 16.9 Å². The minimum atomic E-state index is -0.315. The lowest BCUT2D eigenvalue weighted by atomic mass is 10.1. The summed E-state index contributed by atoms with van der Waals surface area (Å²) in [5.41, 5.74) is 1.97. The van der Waals surface area contributed by atoms with Crippen LogP contribution < -0.4 is 5.32 Å². The van der Waals surface area contributed by atoms with Crippen LogP contribution in [0, 0.1) is 13.8 Å². The second-order valence-corrected chi connectivity index (χ2v) is 6.05.